The number of fused-ring (bicyclic) bond motifs is 1. The number of hydrogen-bond acceptors (Lipinski definition) is 5. The Labute approximate surface area is 160 Å². The lowest BCUT2D eigenvalue weighted by Gasteiger charge is -2.36. The predicted octanol–water partition coefficient (Wildman–Crippen LogP) is 3.67. The predicted molar refractivity (Wildman–Crippen MR) is 101 cm³/mol. The van der Waals surface area contributed by atoms with Crippen LogP contribution in [-0.2, 0) is 17.6 Å². The normalized spacial score (nSPS) is 21.2. The molecule has 0 spiro atoms. The van der Waals surface area contributed by atoms with Crippen molar-refractivity contribution in [3.05, 3.63) is 22.2 Å². The summed E-state index contributed by atoms with van der Waals surface area (Å²) in [5.41, 5.74) is 2.53. The van der Waals surface area contributed by atoms with Crippen molar-refractivity contribution in [3.63, 3.8) is 0 Å². The van der Waals surface area contributed by atoms with E-state index in [1.807, 2.05) is 32.6 Å². The summed E-state index contributed by atoms with van der Waals surface area (Å²) in [6, 6.07) is -0.116. The van der Waals surface area contributed by atoms with Crippen LogP contribution in [0.4, 0.5) is 4.79 Å². The summed E-state index contributed by atoms with van der Waals surface area (Å²) in [5, 5.41) is 3.61. The van der Waals surface area contributed by atoms with E-state index in [9.17, 15) is 4.79 Å². The van der Waals surface area contributed by atoms with Gasteiger partial charge in [0.05, 0.1) is 11.7 Å². The molecular weight excluding hydrogens is 352 g/mol. The van der Waals surface area contributed by atoms with E-state index in [1.165, 1.54) is 0 Å². The van der Waals surface area contributed by atoms with Crippen LogP contribution in [0.15, 0.2) is 0 Å². The largest absolute Gasteiger partial charge is 0.444 e. The second-order valence-corrected chi connectivity index (χ2v) is 8.56. The maximum atomic E-state index is 13.0. The highest BCUT2D eigenvalue weighted by Crippen LogP contribution is 2.32. The fourth-order valence-electron chi connectivity index (χ4n) is 3.88. The van der Waals surface area contributed by atoms with Gasteiger partial charge in [-0.1, -0.05) is 0 Å². The number of nitrogens with zero attached hydrogens (tertiary/aromatic N) is 3. The molecule has 144 valence electrons. The Morgan fingerprint density at radius 2 is 2.04 bits per heavy atom. The van der Waals surface area contributed by atoms with Gasteiger partial charge in [0.2, 0.25) is 5.28 Å². The first-order chi connectivity index (χ1) is 12.3. The van der Waals surface area contributed by atoms with E-state index in [4.69, 9.17) is 16.3 Å². The lowest BCUT2D eigenvalue weighted by Crippen LogP contribution is -2.46. The van der Waals surface area contributed by atoms with Crippen molar-refractivity contribution in [2.45, 2.75) is 77.5 Å². The van der Waals surface area contributed by atoms with Gasteiger partial charge in [-0.25, -0.2) is 14.8 Å². The van der Waals surface area contributed by atoms with Crippen LogP contribution in [-0.4, -0.2) is 45.7 Å². The van der Waals surface area contributed by atoms with Crippen LogP contribution in [0.3, 0.4) is 0 Å². The molecule has 7 heteroatoms. The van der Waals surface area contributed by atoms with Gasteiger partial charge in [0, 0.05) is 18.3 Å². The van der Waals surface area contributed by atoms with E-state index in [0.717, 1.165) is 62.1 Å². The number of carbonyl (C=O) groups excluding carboxylic acids is 1. The van der Waals surface area contributed by atoms with Gasteiger partial charge < -0.3 is 10.1 Å². The van der Waals surface area contributed by atoms with Crippen molar-refractivity contribution in [1.29, 1.82) is 0 Å². The number of aromatic nitrogens is 2. The zero-order valence-corrected chi connectivity index (χ0v) is 16.9. The van der Waals surface area contributed by atoms with Crippen LogP contribution in [0.1, 0.15) is 70.0 Å². The number of rotatable bonds is 3. The number of amides is 1. The third-order valence-electron chi connectivity index (χ3n) is 5.03. The molecule has 1 saturated heterocycles. The topological polar surface area (TPSA) is 67.4 Å². The Morgan fingerprint density at radius 1 is 1.31 bits per heavy atom. The monoisotopic (exact) mass is 380 g/mol. The number of hydrogen-bond donors (Lipinski definition) is 1. The first-order valence-electron chi connectivity index (χ1n) is 9.53. The highest BCUT2D eigenvalue weighted by atomic mass is 35.5. The van der Waals surface area contributed by atoms with Gasteiger partial charge in [0.25, 0.3) is 0 Å². The van der Waals surface area contributed by atoms with E-state index < -0.39 is 5.60 Å². The number of nitrogens with one attached hydrogen (secondary N) is 1. The molecule has 0 aromatic carbocycles. The van der Waals surface area contributed by atoms with Gasteiger partial charge >= 0.3 is 6.09 Å². The van der Waals surface area contributed by atoms with Crippen LogP contribution in [0.25, 0.3) is 0 Å². The zero-order chi connectivity index (χ0) is 18.9. The summed E-state index contributed by atoms with van der Waals surface area (Å²) in [6.07, 6.45) is 4.72. The highest BCUT2D eigenvalue weighted by Gasteiger charge is 2.36. The first kappa shape index (κ1) is 19.4. The van der Waals surface area contributed by atoms with Gasteiger partial charge in [-0.3, -0.25) is 4.90 Å². The molecule has 1 unspecified atom stereocenters. The lowest BCUT2D eigenvalue weighted by atomic mass is 9.92. The van der Waals surface area contributed by atoms with Gasteiger partial charge in [-0.15, -0.1) is 0 Å². The fraction of sp³-hybridized carbons (Fsp3) is 0.737. The second-order valence-electron chi connectivity index (χ2n) is 8.22. The third-order valence-corrected chi connectivity index (χ3v) is 5.20. The smallest absolute Gasteiger partial charge is 0.411 e. The summed E-state index contributed by atoms with van der Waals surface area (Å²) in [7, 11) is 0. The van der Waals surface area contributed by atoms with Crippen LogP contribution in [0.5, 0.6) is 0 Å². The Bertz CT molecular complexity index is 668. The van der Waals surface area contributed by atoms with Crippen LogP contribution < -0.4 is 5.32 Å². The first-order valence-corrected chi connectivity index (χ1v) is 9.91. The van der Waals surface area contributed by atoms with Crippen LogP contribution in [0, 0.1) is 0 Å². The summed E-state index contributed by atoms with van der Waals surface area (Å²) >= 11 is 6.21. The molecule has 1 aromatic heterocycles. The van der Waals surface area contributed by atoms with Crippen molar-refractivity contribution in [1.82, 2.24) is 20.2 Å². The number of halogens is 1. The van der Waals surface area contributed by atoms with Crippen molar-refractivity contribution in [2.24, 2.45) is 0 Å². The summed E-state index contributed by atoms with van der Waals surface area (Å²) in [6.45, 7) is 9.37. The molecule has 2 heterocycles. The zero-order valence-electron chi connectivity index (χ0n) is 16.1. The SMILES string of the molecule is C[C@@H](c1nc(Cl)nc2c1CCCC2)N(C(=O)OC(C)(C)C)C1CCNC1. The molecule has 2 aliphatic rings. The number of ether oxygens (including phenoxy) is 1. The molecule has 1 aliphatic carbocycles. The van der Waals surface area contributed by atoms with Gasteiger partial charge in [0.1, 0.15) is 5.60 Å². The molecule has 1 N–H and O–H groups in total. The minimum absolute atomic E-state index is 0.0906. The molecule has 6 nitrogen and oxygen atoms in total. The Hall–Kier alpha value is -1.40. The highest BCUT2D eigenvalue weighted by molar-refractivity contribution is 6.28. The molecule has 2 atom stereocenters. The molecule has 0 radical (unpaired) electrons. The Kier molecular flexibility index (Phi) is 5.72. The minimum atomic E-state index is -0.538. The van der Waals surface area contributed by atoms with E-state index in [1.54, 1.807) is 0 Å². The van der Waals surface area contributed by atoms with E-state index in [2.05, 4.69) is 15.3 Å². The molecule has 3 rings (SSSR count). The maximum absolute atomic E-state index is 13.0. The summed E-state index contributed by atoms with van der Waals surface area (Å²) < 4.78 is 5.71. The van der Waals surface area contributed by atoms with Crippen molar-refractivity contribution in [3.8, 4) is 0 Å². The molecule has 1 aromatic rings. The van der Waals surface area contributed by atoms with Crippen molar-refractivity contribution < 1.29 is 9.53 Å². The molecule has 1 aliphatic heterocycles. The standard InChI is InChI=1S/C19H29ClN4O2/c1-12(16-14-7-5-6-8-15(14)22-17(20)23-16)24(13-9-10-21-11-13)18(25)26-19(2,3)4/h12-13,21H,5-11H2,1-4H3/t12-,13?/m0/s1. The third kappa shape index (κ3) is 4.29. The number of carbonyl (C=O) groups is 1. The van der Waals surface area contributed by atoms with Crippen molar-refractivity contribution in [2.75, 3.05) is 13.1 Å². The van der Waals surface area contributed by atoms with E-state index >= 15 is 0 Å². The van der Waals surface area contributed by atoms with Gasteiger partial charge in [0.15, 0.2) is 0 Å². The average Bonchev–Trinajstić information content (AvgIpc) is 3.06. The minimum Gasteiger partial charge on any atom is -0.444 e. The Balaban J connectivity index is 1.96. The quantitative estimate of drug-likeness (QED) is 0.810. The fourth-order valence-corrected chi connectivity index (χ4v) is 4.08. The molecule has 1 fully saturated rings. The molecule has 0 saturated carbocycles. The average molecular weight is 381 g/mol. The van der Waals surface area contributed by atoms with Crippen molar-refractivity contribution >= 4 is 17.7 Å². The molecular formula is C19H29ClN4O2. The lowest BCUT2D eigenvalue weighted by molar-refractivity contribution is 0.00774. The van der Waals surface area contributed by atoms with Gasteiger partial charge in [-0.2, -0.15) is 0 Å². The van der Waals surface area contributed by atoms with Crippen LogP contribution >= 0.6 is 11.6 Å². The van der Waals surface area contributed by atoms with E-state index in [-0.39, 0.29) is 23.5 Å². The van der Waals surface area contributed by atoms with E-state index in [0.29, 0.717) is 0 Å². The van der Waals surface area contributed by atoms with Crippen LogP contribution in [0.2, 0.25) is 5.28 Å². The summed E-state index contributed by atoms with van der Waals surface area (Å²) in [4.78, 5) is 23.8. The number of aryl methyl sites for hydroxylation is 1. The second kappa shape index (κ2) is 7.69. The molecule has 0 bridgehead atoms. The Morgan fingerprint density at radius 3 is 2.69 bits per heavy atom. The maximum Gasteiger partial charge on any atom is 0.411 e. The molecule has 26 heavy (non-hydrogen) atoms. The summed E-state index contributed by atoms with van der Waals surface area (Å²) in [5.74, 6) is 0. The molecule has 1 amide bonds. The van der Waals surface area contributed by atoms with Gasteiger partial charge in [-0.05, 0) is 83.5 Å².